The summed E-state index contributed by atoms with van der Waals surface area (Å²) in [6.45, 7) is 3.00. The summed E-state index contributed by atoms with van der Waals surface area (Å²) in [5.41, 5.74) is 1.88. The second-order valence-electron chi connectivity index (χ2n) is 6.57. The van der Waals surface area contributed by atoms with Crippen molar-refractivity contribution >= 4 is 5.91 Å². The molecule has 1 aliphatic heterocycles. The molecule has 0 unspecified atom stereocenters. The first-order valence-electron chi connectivity index (χ1n) is 8.02. The minimum atomic E-state index is 0.105. The molecule has 22 heavy (non-hydrogen) atoms. The molecule has 4 rings (SSSR count). The molecule has 0 spiro atoms. The van der Waals surface area contributed by atoms with Crippen LogP contribution < -0.4 is 0 Å². The van der Waals surface area contributed by atoms with Crippen LogP contribution in [-0.2, 0) is 0 Å². The first kappa shape index (κ1) is 13.6. The Hall–Kier alpha value is -2.10. The fourth-order valence-corrected chi connectivity index (χ4v) is 3.47. The normalized spacial score (nSPS) is 24.7. The van der Waals surface area contributed by atoms with Gasteiger partial charge in [-0.25, -0.2) is 0 Å². The number of carbonyl (C=O) groups is 1. The van der Waals surface area contributed by atoms with Crippen molar-refractivity contribution in [1.82, 2.24) is 9.88 Å². The number of pyridine rings is 1. The molecule has 1 saturated carbocycles. The SMILES string of the molecule is C[C@@H]1C[C@@H](c2cccnc2)N(C(=O)c2ccoc2C2CC2)C1. The number of hydrogen-bond donors (Lipinski definition) is 0. The zero-order chi connectivity index (χ0) is 15.1. The molecule has 2 aromatic rings. The lowest BCUT2D eigenvalue weighted by molar-refractivity contribution is 0.0729. The van der Waals surface area contributed by atoms with Crippen LogP contribution in [-0.4, -0.2) is 22.3 Å². The Morgan fingerprint density at radius 2 is 2.23 bits per heavy atom. The zero-order valence-electron chi connectivity index (χ0n) is 12.7. The lowest BCUT2D eigenvalue weighted by atomic mass is 10.0. The molecule has 4 heteroatoms. The molecule has 2 fully saturated rings. The van der Waals surface area contributed by atoms with E-state index in [0.29, 0.717) is 11.8 Å². The lowest BCUT2D eigenvalue weighted by Gasteiger charge is -2.24. The number of amides is 1. The average molecular weight is 296 g/mol. The standard InChI is InChI=1S/C18H20N2O2/c1-12-9-16(14-3-2-7-19-10-14)20(11-12)18(21)15-6-8-22-17(15)13-4-5-13/h2-3,6-8,10,12-13,16H,4-5,9,11H2,1H3/t12-,16+/m1/s1. The molecule has 0 bridgehead atoms. The number of nitrogens with zero attached hydrogens (tertiary/aromatic N) is 2. The Labute approximate surface area is 130 Å². The van der Waals surface area contributed by atoms with Crippen molar-refractivity contribution in [2.45, 2.75) is 38.1 Å². The average Bonchev–Trinajstić information content (AvgIpc) is 3.13. The maximum absolute atomic E-state index is 13.0. The van der Waals surface area contributed by atoms with E-state index in [1.807, 2.05) is 23.2 Å². The summed E-state index contributed by atoms with van der Waals surface area (Å²) in [5.74, 6) is 1.94. The van der Waals surface area contributed by atoms with Crippen molar-refractivity contribution in [3.63, 3.8) is 0 Å². The molecule has 0 N–H and O–H groups in total. The fraction of sp³-hybridized carbons (Fsp3) is 0.444. The van der Waals surface area contributed by atoms with Gasteiger partial charge in [-0.1, -0.05) is 13.0 Å². The molecule has 0 radical (unpaired) electrons. The van der Waals surface area contributed by atoms with Gasteiger partial charge in [0, 0.05) is 24.9 Å². The molecule has 4 nitrogen and oxygen atoms in total. The molecular formula is C18H20N2O2. The quantitative estimate of drug-likeness (QED) is 0.866. The second kappa shape index (κ2) is 5.27. The second-order valence-corrected chi connectivity index (χ2v) is 6.57. The van der Waals surface area contributed by atoms with Gasteiger partial charge in [0.15, 0.2) is 0 Å². The molecule has 0 aromatic carbocycles. The first-order valence-corrected chi connectivity index (χ1v) is 8.02. The summed E-state index contributed by atoms with van der Waals surface area (Å²) < 4.78 is 5.58. The van der Waals surface area contributed by atoms with Crippen molar-refractivity contribution in [1.29, 1.82) is 0 Å². The van der Waals surface area contributed by atoms with E-state index in [2.05, 4.69) is 18.0 Å². The summed E-state index contributed by atoms with van der Waals surface area (Å²) in [4.78, 5) is 19.2. The number of aromatic nitrogens is 1. The highest BCUT2D eigenvalue weighted by Crippen LogP contribution is 2.43. The zero-order valence-corrected chi connectivity index (χ0v) is 12.7. The Morgan fingerprint density at radius 1 is 1.36 bits per heavy atom. The Bertz CT molecular complexity index is 675. The van der Waals surface area contributed by atoms with Crippen molar-refractivity contribution < 1.29 is 9.21 Å². The third kappa shape index (κ3) is 2.32. The van der Waals surface area contributed by atoms with Gasteiger partial charge in [0.1, 0.15) is 5.76 Å². The molecule has 3 heterocycles. The molecule has 1 aliphatic carbocycles. The van der Waals surface area contributed by atoms with Gasteiger partial charge in [-0.05, 0) is 42.9 Å². The maximum atomic E-state index is 13.0. The summed E-state index contributed by atoms with van der Waals surface area (Å²) >= 11 is 0. The van der Waals surface area contributed by atoms with E-state index in [9.17, 15) is 4.79 Å². The highest BCUT2D eigenvalue weighted by molar-refractivity contribution is 5.96. The topological polar surface area (TPSA) is 46.3 Å². The van der Waals surface area contributed by atoms with Gasteiger partial charge in [0.05, 0.1) is 17.9 Å². The molecule has 2 aliphatic rings. The Balaban J connectivity index is 1.64. The predicted molar refractivity (Wildman–Crippen MR) is 82.5 cm³/mol. The fourth-order valence-electron chi connectivity index (χ4n) is 3.47. The highest BCUT2D eigenvalue weighted by atomic mass is 16.3. The van der Waals surface area contributed by atoms with Crippen molar-refractivity contribution in [2.24, 2.45) is 5.92 Å². The Kier molecular flexibility index (Phi) is 3.25. The summed E-state index contributed by atoms with van der Waals surface area (Å²) in [6.07, 6.45) is 8.56. The third-order valence-corrected chi connectivity index (χ3v) is 4.71. The van der Waals surface area contributed by atoms with Crippen LogP contribution in [0.2, 0.25) is 0 Å². The number of hydrogen-bond acceptors (Lipinski definition) is 3. The van der Waals surface area contributed by atoms with Crippen molar-refractivity contribution in [2.75, 3.05) is 6.54 Å². The van der Waals surface area contributed by atoms with E-state index in [4.69, 9.17) is 4.42 Å². The van der Waals surface area contributed by atoms with E-state index in [1.54, 1.807) is 12.5 Å². The number of carbonyl (C=O) groups excluding carboxylic acids is 1. The number of rotatable bonds is 3. The highest BCUT2D eigenvalue weighted by Gasteiger charge is 2.38. The third-order valence-electron chi connectivity index (χ3n) is 4.71. The summed E-state index contributed by atoms with van der Waals surface area (Å²) in [7, 11) is 0. The molecule has 2 atom stereocenters. The largest absolute Gasteiger partial charge is 0.468 e. The summed E-state index contributed by atoms with van der Waals surface area (Å²) in [6, 6.07) is 5.96. The summed E-state index contributed by atoms with van der Waals surface area (Å²) in [5, 5.41) is 0. The van der Waals surface area contributed by atoms with Gasteiger partial charge in [-0.15, -0.1) is 0 Å². The van der Waals surface area contributed by atoms with Crippen LogP contribution in [0.25, 0.3) is 0 Å². The van der Waals surface area contributed by atoms with Gasteiger partial charge >= 0.3 is 0 Å². The van der Waals surface area contributed by atoms with E-state index < -0.39 is 0 Å². The minimum absolute atomic E-state index is 0.105. The van der Waals surface area contributed by atoms with Crippen LogP contribution in [0.5, 0.6) is 0 Å². The monoisotopic (exact) mass is 296 g/mol. The van der Waals surface area contributed by atoms with E-state index in [0.717, 1.165) is 42.7 Å². The molecule has 114 valence electrons. The molecule has 2 aromatic heterocycles. The van der Waals surface area contributed by atoms with Gasteiger partial charge in [-0.2, -0.15) is 0 Å². The van der Waals surface area contributed by atoms with Gasteiger partial charge in [0.2, 0.25) is 0 Å². The van der Waals surface area contributed by atoms with E-state index in [1.165, 1.54) is 0 Å². The maximum Gasteiger partial charge on any atom is 0.257 e. The van der Waals surface area contributed by atoms with E-state index in [-0.39, 0.29) is 11.9 Å². The van der Waals surface area contributed by atoms with Crippen molar-refractivity contribution in [3.05, 3.63) is 53.7 Å². The van der Waals surface area contributed by atoms with Crippen LogP contribution in [0.4, 0.5) is 0 Å². The first-order chi connectivity index (χ1) is 10.7. The van der Waals surface area contributed by atoms with Crippen LogP contribution >= 0.6 is 0 Å². The molecule has 1 amide bonds. The van der Waals surface area contributed by atoms with Gasteiger partial charge in [-0.3, -0.25) is 9.78 Å². The van der Waals surface area contributed by atoms with Gasteiger partial charge < -0.3 is 9.32 Å². The van der Waals surface area contributed by atoms with E-state index >= 15 is 0 Å². The van der Waals surface area contributed by atoms with Crippen LogP contribution in [0.3, 0.4) is 0 Å². The van der Waals surface area contributed by atoms with Crippen LogP contribution in [0, 0.1) is 5.92 Å². The van der Waals surface area contributed by atoms with Crippen molar-refractivity contribution in [3.8, 4) is 0 Å². The van der Waals surface area contributed by atoms with Gasteiger partial charge in [0.25, 0.3) is 5.91 Å². The number of likely N-dealkylation sites (tertiary alicyclic amines) is 1. The van der Waals surface area contributed by atoms with Crippen LogP contribution in [0.15, 0.2) is 41.3 Å². The molecule has 1 saturated heterocycles. The molecular weight excluding hydrogens is 276 g/mol. The predicted octanol–water partition coefficient (Wildman–Crippen LogP) is 3.78. The smallest absolute Gasteiger partial charge is 0.257 e. The van der Waals surface area contributed by atoms with Crippen LogP contribution in [0.1, 0.15) is 59.8 Å². The lowest BCUT2D eigenvalue weighted by Crippen LogP contribution is -2.31. The number of furan rings is 1. The minimum Gasteiger partial charge on any atom is -0.468 e. The Morgan fingerprint density at radius 3 is 2.95 bits per heavy atom.